The summed E-state index contributed by atoms with van der Waals surface area (Å²) in [6, 6.07) is 17.2. The highest BCUT2D eigenvalue weighted by atomic mass is 127. The molecule has 47 heavy (non-hydrogen) atoms. The minimum atomic E-state index is -0.101. The lowest BCUT2D eigenvalue weighted by Crippen LogP contribution is -2.17. The molecule has 0 aliphatic rings. The van der Waals surface area contributed by atoms with E-state index in [2.05, 4.69) is 42.5 Å². The van der Waals surface area contributed by atoms with E-state index in [0.717, 1.165) is 46.5 Å². The molecule has 8 rings (SSSR count). The summed E-state index contributed by atoms with van der Waals surface area (Å²) in [6.45, 7) is 4.02. The van der Waals surface area contributed by atoms with Crippen LogP contribution in [0.5, 0.6) is 0 Å². The molecule has 0 fully saturated rings. The van der Waals surface area contributed by atoms with E-state index in [1.165, 1.54) is 22.7 Å². The molecule has 0 radical (unpaired) electrons. The second-order valence-electron chi connectivity index (χ2n) is 10.4. The van der Waals surface area contributed by atoms with Crippen LogP contribution in [0.1, 0.15) is 26.0 Å². The average molecular weight is 775 g/mol. The van der Waals surface area contributed by atoms with Crippen molar-refractivity contribution in [2.75, 3.05) is 11.5 Å². The molecular formula is C34H31IN8O2S2. The number of nitrogens with zero attached hydrogens (tertiary/aromatic N) is 6. The van der Waals surface area contributed by atoms with Gasteiger partial charge in [0.1, 0.15) is 37.2 Å². The van der Waals surface area contributed by atoms with Gasteiger partial charge in [0, 0.05) is 18.1 Å². The van der Waals surface area contributed by atoms with Crippen LogP contribution in [0.15, 0.2) is 89.2 Å². The lowest BCUT2D eigenvalue weighted by molar-refractivity contribution is 0.966. The first-order valence-electron chi connectivity index (χ1n) is 13.6. The molecule has 0 bridgehead atoms. The van der Waals surface area contributed by atoms with Crippen LogP contribution >= 0.6 is 45.3 Å². The Bertz CT molecular complexity index is 2540. The van der Waals surface area contributed by atoms with Crippen molar-refractivity contribution in [1.82, 2.24) is 29.1 Å². The third-order valence-corrected chi connectivity index (χ3v) is 10.3. The summed E-state index contributed by atoms with van der Waals surface area (Å²) in [5.41, 5.74) is 18.3. The number of aryl methyl sites for hydroxylation is 2. The number of nitrogens with two attached hydrogens (primary N) is 2. The lowest BCUT2D eigenvalue weighted by Gasteiger charge is -2.05. The molecule has 0 aliphatic carbocycles. The Morgan fingerprint density at radius 1 is 0.660 bits per heavy atom. The topological polar surface area (TPSA) is 148 Å². The second-order valence-corrected chi connectivity index (χ2v) is 13.5. The Labute approximate surface area is 291 Å². The van der Waals surface area contributed by atoms with Crippen LogP contribution in [0.25, 0.3) is 52.2 Å². The van der Waals surface area contributed by atoms with E-state index in [0.29, 0.717) is 31.8 Å². The van der Waals surface area contributed by atoms with Crippen LogP contribution in [0.2, 0.25) is 0 Å². The van der Waals surface area contributed by atoms with Crippen molar-refractivity contribution in [3.05, 3.63) is 115 Å². The molecular weight excluding hydrogens is 743 g/mol. The molecule has 0 aliphatic heterocycles. The molecule has 2 aromatic carbocycles. The first-order valence-corrected chi connectivity index (χ1v) is 16.3. The zero-order valence-corrected chi connectivity index (χ0v) is 27.6. The minimum Gasteiger partial charge on any atom is -0.398 e. The van der Waals surface area contributed by atoms with Crippen molar-refractivity contribution < 1.29 is 0 Å². The van der Waals surface area contributed by atoms with Crippen LogP contribution in [0.3, 0.4) is 0 Å². The second kappa shape index (κ2) is 13.2. The van der Waals surface area contributed by atoms with Gasteiger partial charge in [-0.15, -0.1) is 22.7 Å². The van der Waals surface area contributed by atoms with Crippen molar-refractivity contribution in [3.63, 3.8) is 0 Å². The normalized spacial score (nSPS) is 10.9. The van der Waals surface area contributed by atoms with Gasteiger partial charge >= 0.3 is 0 Å². The molecule has 0 saturated heterocycles. The first-order chi connectivity index (χ1) is 21.7. The fourth-order valence-corrected chi connectivity index (χ4v) is 7.46. The van der Waals surface area contributed by atoms with Crippen LogP contribution in [0.4, 0.5) is 11.4 Å². The van der Waals surface area contributed by atoms with Crippen LogP contribution in [-0.2, 0) is 0 Å². The van der Waals surface area contributed by atoms with E-state index in [1.807, 2.05) is 62.4 Å². The van der Waals surface area contributed by atoms with Gasteiger partial charge in [0.15, 0.2) is 0 Å². The van der Waals surface area contributed by atoms with E-state index in [9.17, 15) is 9.59 Å². The summed E-state index contributed by atoms with van der Waals surface area (Å²) < 4.78 is 5.11. The molecule has 0 saturated carbocycles. The van der Waals surface area contributed by atoms with Crippen LogP contribution < -0.4 is 22.6 Å². The number of aromatic nitrogens is 6. The molecule has 8 aromatic rings. The number of halogens is 1. The van der Waals surface area contributed by atoms with Crippen LogP contribution in [0, 0.1) is 17.4 Å². The van der Waals surface area contributed by atoms with Gasteiger partial charge in [-0.05, 0) is 66.8 Å². The zero-order chi connectivity index (χ0) is 31.4. The molecule has 238 valence electrons. The Kier molecular flexibility index (Phi) is 9.43. The highest BCUT2D eigenvalue weighted by Gasteiger charge is 2.17. The van der Waals surface area contributed by atoms with E-state index in [4.69, 9.17) is 11.5 Å². The van der Waals surface area contributed by atoms with Gasteiger partial charge in [0.25, 0.3) is 11.1 Å². The van der Waals surface area contributed by atoms with E-state index >= 15 is 0 Å². The van der Waals surface area contributed by atoms with Gasteiger partial charge in [-0.25, -0.2) is 19.9 Å². The summed E-state index contributed by atoms with van der Waals surface area (Å²) in [7, 11) is 0. The van der Waals surface area contributed by atoms with E-state index in [-0.39, 0.29) is 26.0 Å². The summed E-state index contributed by atoms with van der Waals surface area (Å²) in [5.74, 6) is 0. The Balaban J connectivity index is 0.000000177. The van der Waals surface area contributed by atoms with Gasteiger partial charge in [-0.1, -0.05) is 50.2 Å². The average Bonchev–Trinajstić information content (AvgIpc) is 3.62. The van der Waals surface area contributed by atoms with Gasteiger partial charge in [0.2, 0.25) is 0 Å². The molecule has 13 heteroatoms. The van der Waals surface area contributed by atoms with Gasteiger partial charge in [-0.3, -0.25) is 18.7 Å². The standard InChI is InChI=1S/C16H11IN4OS.C16H12N4OS.2CH4/c1-8-2-4-9(5-3-8)21-7-20-13-11-12(18)10(17)6-19-15(11)23-14(13)16(21)22;1-9-2-4-10(5-3-9)20-8-19-13-12-11(17)6-7-18-15(12)22-14(13)16(20)21;;/h2-7H,1H3,(H2,18,19);2-8H,1H3,(H2,17,18);2*1H4. The van der Waals surface area contributed by atoms with Gasteiger partial charge in [0.05, 0.1) is 36.9 Å². The number of hydrogen-bond acceptors (Lipinski definition) is 10. The zero-order valence-electron chi connectivity index (χ0n) is 23.9. The summed E-state index contributed by atoms with van der Waals surface area (Å²) in [6.07, 6.45) is 6.46. The van der Waals surface area contributed by atoms with Gasteiger partial charge in [-0.2, -0.15) is 0 Å². The van der Waals surface area contributed by atoms with E-state index in [1.54, 1.807) is 40.2 Å². The predicted octanol–water partition coefficient (Wildman–Crippen LogP) is 7.65. The highest BCUT2D eigenvalue weighted by molar-refractivity contribution is 14.1. The number of rotatable bonds is 2. The summed E-state index contributed by atoms with van der Waals surface area (Å²) in [4.78, 5) is 44.7. The molecule has 0 atom stereocenters. The fourth-order valence-electron chi connectivity index (χ4n) is 4.95. The molecule has 0 amide bonds. The molecule has 4 N–H and O–H groups in total. The summed E-state index contributed by atoms with van der Waals surface area (Å²) >= 11 is 4.80. The molecule has 10 nitrogen and oxygen atoms in total. The van der Waals surface area contributed by atoms with Crippen molar-refractivity contribution in [1.29, 1.82) is 0 Å². The predicted molar refractivity (Wildman–Crippen MR) is 206 cm³/mol. The molecule has 0 spiro atoms. The number of pyridine rings is 2. The van der Waals surface area contributed by atoms with Crippen molar-refractivity contribution in [2.24, 2.45) is 0 Å². The van der Waals surface area contributed by atoms with Crippen molar-refractivity contribution in [3.8, 4) is 11.4 Å². The highest BCUT2D eigenvalue weighted by Crippen LogP contribution is 2.35. The number of hydrogen-bond donors (Lipinski definition) is 2. The first kappa shape index (κ1) is 33.6. The summed E-state index contributed by atoms with van der Waals surface area (Å²) in [5, 5.41) is 1.53. The Morgan fingerprint density at radius 3 is 1.64 bits per heavy atom. The Morgan fingerprint density at radius 2 is 1.13 bits per heavy atom. The maximum atomic E-state index is 12.8. The third kappa shape index (κ3) is 5.85. The molecule has 6 aromatic heterocycles. The van der Waals surface area contributed by atoms with Gasteiger partial charge < -0.3 is 11.5 Å². The SMILES string of the molecule is C.C.Cc1ccc(-n2cnc3c(sc4ncc(I)c(N)c43)c2=O)cc1.Cc1ccc(-n2cnc3c(sc4nccc(N)c43)c2=O)cc1. The number of thiophene rings is 2. The van der Waals surface area contributed by atoms with Crippen LogP contribution in [-0.4, -0.2) is 29.1 Å². The maximum absolute atomic E-state index is 12.8. The number of fused-ring (bicyclic) bond motifs is 6. The smallest absolute Gasteiger partial charge is 0.275 e. The lowest BCUT2D eigenvalue weighted by atomic mass is 10.2. The maximum Gasteiger partial charge on any atom is 0.275 e. The third-order valence-electron chi connectivity index (χ3n) is 7.34. The quantitative estimate of drug-likeness (QED) is 0.170. The number of nitrogen functional groups attached to an aromatic ring is 2. The monoisotopic (exact) mass is 774 g/mol. The van der Waals surface area contributed by atoms with E-state index < -0.39 is 0 Å². The minimum absolute atomic E-state index is 0. The fraction of sp³-hybridized carbons (Fsp3) is 0.118. The van der Waals surface area contributed by atoms with Crippen molar-refractivity contribution in [2.45, 2.75) is 28.7 Å². The van der Waals surface area contributed by atoms with Crippen molar-refractivity contribution >= 4 is 97.5 Å². The molecule has 0 unspecified atom stereocenters. The largest absolute Gasteiger partial charge is 0.398 e. The number of benzene rings is 2. The molecule has 6 heterocycles. The number of anilines is 2. The Hall–Kier alpha value is -4.73.